The molecule has 0 amide bonds. The summed E-state index contributed by atoms with van der Waals surface area (Å²) >= 11 is 6.84. The molecule has 0 saturated heterocycles. The van der Waals surface area contributed by atoms with Gasteiger partial charge in [0.25, 0.3) is 10.0 Å². The minimum atomic E-state index is -3.57. The highest BCUT2D eigenvalue weighted by atomic mass is 35.5. The van der Waals surface area contributed by atoms with Gasteiger partial charge in [-0.1, -0.05) is 11.6 Å². The molecule has 3 heterocycles. The largest absolute Gasteiger partial charge is 0.345 e. The van der Waals surface area contributed by atoms with E-state index >= 15 is 0 Å². The number of nitrogens with zero attached hydrogens (tertiary/aromatic N) is 4. The van der Waals surface area contributed by atoms with E-state index in [1.807, 2.05) is 0 Å². The van der Waals surface area contributed by atoms with Crippen molar-refractivity contribution in [1.29, 1.82) is 0 Å². The lowest BCUT2D eigenvalue weighted by atomic mass is 10.4. The number of rotatable bonds is 2. The molecule has 3 rings (SSSR count). The highest BCUT2D eigenvalue weighted by Gasteiger charge is 2.29. The molecule has 21 heavy (non-hydrogen) atoms. The maximum Gasteiger partial charge on any atom is 0.345 e. The van der Waals surface area contributed by atoms with Gasteiger partial charge in [-0.15, -0.1) is 11.3 Å². The van der Waals surface area contributed by atoms with Crippen LogP contribution in [0, 0.1) is 0 Å². The normalized spacial score (nSPS) is 16.7. The smallest absolute Gasteiger partial charge is 0.278 e. The number of aryl methyl sites for hydroxylation is 1. The third-order valence-corrected chi connectivity index (χ3v) is 6.98. The Balaban J connectivity index is 1.89. The van der Waals surface area contributed by atoms with E-state index in [2.05, 4.69) is 5.10 Å². The molecule has 114 valence electrons. The van der Waals surface area contributed by atoms with Crippen LogP contribution in [0.2, 0.25) is 4.34 Å². The molecule has 0 atom stereocenters. The zero-order chi connectivity index (χ0) is 15.2. The van der Waals surface area contributed by atoms with Crippen LogP contribution in [-0.2, 0) is 30.0 Å². The molecule has 1 aliphatic heterocycles. The van der Waals surface area contributed by atoms with Crippen molar-refractivity contribution >= 4 is 33.0 Å². The monoisotopic (exact) mass is 348 g/mol. The molecule has 0 fully saturated rings. The summed E-state index contributed by atoms with van der Waals surface area (Å²) in [6.45, 7) is 0.852. The molecule has 7 nitrogen and oxygen atoms in total. The van der Waals surface area contributed by atoms with E-state index < -0.39 is 10.0 Å². The number of hydrogen-bond donors (Lipinski definition) is 0. The summed E-state index contributed by atoms with van der Waals surface area (Å²) in [7, 11) is -1.98. The Labute approximate surface area is 130 Å². The van der Waals surface area contributed by atoms with Gasteiger partial charge in [0.15, 0.2) is 0 Å². The maximum absolute atomic E-state index is 12.5. The average Bonchev–Trinajstić information content (AvgIpc) is 2.89. The zero-order valence-electron chi connectivity index (χ0n) is 11.2. The Morgan fingerprint density at radius 1 is 1.29 bits per heavy atom. The van der Waals surface area contributed by atoms with Crippen molar-refractivity contribution in [2.45, 2.75) is 17.2 Å². The van der Waals surface area contributed by atoms with Crippen molar-refractivity contribution in [3.05, 3.63) is 32.8 Å². The van der Waals surface area contributed by atoms with Crippen LogP contribution >= 0.6 is 22.9 Å². The second kappa shape index (κ2) is 5.24. The quantitative estimate of drug-likeness (QED) is 0.793. The zero-order valence-corrected chi connectivity index (χ0v) is 13.6. The number of aromatic nitrogens is 3. The first-order valence-corrected chi connectivity index (χ1v) is 8.91. The fraction of sp³-hybridized carbons (Fsp3) is 0.455. The molecule has 0 N–H and O–H groups in total. The van der Waals surface area contributed by atoms with Crippen LogP contribution in [0.4, 0.5) is 0 Å². The van der Waals surface area contributed by atoms with Gasteiger partial charge in [-0.2, -0.15) is 9.40 Å². The Hall–Kier alpha value is -1.16. The highest BCUT2D eigenvalue weighted by Crippen LogP contribution is 2.28. The van der Waals surface area contributed by atoms with Gasteiger partial charge in [-0.3, -0.25) is 4.57 Å². The van der Waals surface area contributed by atoms with E-state index in [9.17, 15) is 13.2 Å². The summed E-state index contributed by atoms with van der Waals surface area (Å²) in [5.74, 6) is 0.615. The number of sulfonamides is 1. The van der Waals surface area contributed by atoms with Crippen LogP contribution in [0.15, 0.2) is 21.1 Å². The average molecular weight is 349 g/mol. The molecule has 0 radical (unpaired) electrons. The second-order valence-electron chi connectivity index (χ2n) is 4.69. The molecule has 0 unspecified atom stereocenters. The lowest BCUT2D eigenvalue weighted by Gasteiger charge is -2.18. The molecule has 0 aromatic carbocycles. The van der Waals surface area contributed by atoms with Gasteiger partial charge in [-0.25, -0.2) is 17.9 Å². The molecule has 2 aromatic heterocycles. The topological polar surface area (TPSA) is 77.2 Å². The van der Waals surface area contributed by atoms with Crippen molar-refractivity contribution < 1.29 is 8.42 Å². The fourth-order valence-corrected chi connectivity index (χ4v) is 5.39. The molecule has 1 aliphatic rings. The van der Waals surface area contributed by atoms with Gasteiger partial charge in [0.1, 0.15) is 10.0 Å². The summed E-state index contributed by atoms with van der Waals surface area (Å²) in [6.07, 6.45) is 0.411. The van der Waals surface area contributed by atoms with Crippen LogP contribution in [0.1, 0.15) is 5.82 Å². The number of halogens is 1. The predicted octanol–water partition coefficient (Wildman–Crippen LogP) is 0.544. The summed E-state index contributed by atoms with van der Waals surface area (Å²) in [6, 6.07) is 3.07. The van der Waals surface area contributed by atoms with Gasteiger partial charge in [0.05, 0.1) is 4.34 Å². The minimum absolute atomic E-state index is 0.219. The molecule has 10 heteroatoms. The number of thiophene rings is 1. The minimum Gasteiger partial charge on any atom is -0.278 e. The molecule has 0 saturated carbocycles. The van der Waals surface area contributed by atoms with E-state index in [1.165, 1.54) is 19.6 Å². The van der Waals surface area contributed by atoms with E-state index in [0.29, 0.717) is 29.7 Å². The lowest BCUT2D eigenvalue weighted by Crippen LogP contribution is -2.34. The van der Waals surface area contributed by atoms with E-state index in [0.717, 1.165) is 11.3 Å². The fourth-order valence-electron chi connectivity index (χ4n) is 2.32. The van der Waals surface area contributed by atoms with Gasteiger partial charge in [0, 0.05) is 33.1 Å². The van der Waals surface area contributed by atoms with Crippen molar-refractivity contribution in [1.82, 2.24) is 18.7 Å². The molecule has 0 spiro atoms. The Kier molecular flexibility index (Phi) is 3.68. The first kappa shape index (κ1) is 14.8. The Bertz CT molecular complexity index is 836. The first-order chi connectivity index (χ1) is 9.89. The van der Waals surface area contributed by atoms with Gasteiger partial charge >= 0.3 is 5.69 Å². The molecule has 0 aliphatic carbocycles. The summed E-state index contributed by atoms with van der Waals surface area (Å²) in [5.41, 5.74) is -0.219. The van der Waals surface area contributed by atoms with E-state index in [-0.39, 0.29) is 16.4 Å². The maximum atomic E-state index is 12.5. The van der Waals surface area contributed by atoms with Crippen molar-refractivity contribution in [2.24, 2.45) is 7.05 Å². The number of hydrogen-bond acceptors (Lipinski definition) is 5. The van der Waals surface area contributed by atoms with Gasteiger partial charge in [0.2, 0.25) is 0 Å². The molecule has 0 bridgehead atoms. The summed E-state index contributed by atoms with van der Waals surface area (Å²) in [4.78, 5) is 11.9. The van der Waals surface area contributed by atoms with Gasteiger partial charge in [-0.05, 0) is 12.1 Å². The molecular formula is C11H13ClN4O3S2. The Morgan fingerprint density at radius 3 is 2.71 bits per heavy atom. The predicted molar refractivity (Wildman–Crippen MR) is 79.3 cm³/mol. The SMILES string of the molecule is Cn1nc2n(c1=O)CCN(S(=O)(=O)c1ccc(Cl)s1)CC2. The number of fused-ring (bicyclic) bond motifs is 1. The highest BCUT2D eigenvalue weighted by molar-refractivity contribution is 7.91. The van der Waals surface area contributed by atoms with Crippen molar-refractivity contribution in [2.75, 3.05) is 13.1 Å². The van der Waals surface area contributed by atoms with E-state index in [4.69, 9.17) is 11.6 Å². The van der Waals surface area contributed by atoms with Crippen LogP contribution in [0.5, 0.6) is 0 Å². The van der Waals surface area contributed by atoms with Crippen molar-refractivity contribution in [3.8, 4) is 0 Å². The van der Waals surface area contributed by atoms with Gasteiger partial charge < -0.3 is 0 Å². The standard InChI is InChI=1S/C11H13ClN4O3S2/c1-14-11(17)16-7-6-15(5-4-9(16)13-14)21(18,19)10-3-2-8(12)20-10/h2-3H,4-7H2,1H3. The van der Waals surface area contributed by atoms with Crippen LogP contribution < -0.4 is 5.69 Å². The summed E-state index contributed by atoms with van der Waals surface area (Å²) in [5, 5.41) is 4.13. The van der Waals surface area contributed by atoms with Crippen LogP contribution in [0.25, 0.3) is 0 Å². The second-order valence-corrected chi connectivity index (χ2v) is 8.57. The third-order valence-electron chi connectivity index (χ3n) is 3.39. The van der Waals surface area contributed by atoms with E-state index in [1.54, 1.807) is 13.1 Å². The van der Waals surface area contributed by atoms with Crippen LogP contribution in [0.3, 0.4) is 0 Å². The Morgan fingerprint density at radius 2 is 2.05 bits per heavy atom. The molecule has 2 aromatic rings. The lowest BCUT2D eigenvalue weighted by molar-refractivity contribution is 0.412. The third kappa shape index (κ3) is 2.54. The van der Waals surface area contributed by atoms with Crippen LogP contribution in [-0.4, -0.2) is 40.2 Å². The summed E-state index contributed by atoms with van der Waals surface area (Å²) < 4.78 is 29.9. The molecular weight excluding hydrogens is 336 g/mol. The first-order valence-electron chi connectivity index (χ1n) is 6.28. The van der Waals surface area contributed by atoms with Crippen molar-refractivity contribution in [3.63, 3.8) is 0 Å².